The van der Waals surface area contributed by atoms with E-state index in [0.717, 1.165) is 32.1 Å². The van der Waals surface area contributed by atoms with E-state index in [1.54, 1.807) is 0 Å². The van der Waals surface area contributed by atoms with E-state index in [1.165, 1.54) is 25.3 Å². The Morgan fingerprint density at radius 1 is 1.41 bits per heavy atom. The van der Waals surface area contributed by atoms with Gasteiger partial charge in [0.2, 0.25) is 6.29 Å². The highest BCUT2D eigenvalue weighted by Crippen LogP contribution is 2.23. The number of rotatable bonds is 7. The van der Waals surface area contributed by atoms with Crippen molar-refractivity contribution < 1.29 is 14.3 Å². The van der Waals surface area contributed by atoms with Crippen LogP contribution in [0, 0.1) is 0 Å². The molecule has 1 aliphatic rings. The van der Waals surface area contributed by atoms with Crippen LogP contribution in [-0.4, -0.2) is 18.4 Å². The number of unbranched alkanes of at least 4 members (excludes halogenated alkanes) is 1. The number of ether oxygens (including phenoxy) is 2. The lowest BCUT2D eigenvalue weighted by atomic mass is 9.98. The van der Waals surface area contributed by atoms with Gasteiger partial charge in [-0.25, -0.2) is 4.79 Å². The quantitative estimate of drug-likeness (QED) is 0.387. The Morgan fingerprint density at radius 3 is 2.71 bits per heavy atom. The first kappa shape index (κ1) is 14.2. The standard InChI is InChI=1S/C14H24O3/c1-3-5-11-14(17-13(15)4-2)16-12-9-7-6-8-10-12/h4,12,14H,2-3,5-11H2,1H3. The largest absolute Gasteiger partial charge is 0.433 e. The zero-order chi connectivity index (χ0) is 12.5. The topological polar surface area (TPSA) is 35.5 Å². The van der Waals surface area contributed by atoms with Crippen LogP contribution in [0.1, 0.15) is 58.3 Å². The van der Waals surface area contributed by atoms with E-state index in [9.17, 15) is 4.79 Å². The van der Waals surface area contributed by atoms with E-state index in [4.69, 9.17) is 9.47 Å². The van der Waals surface area contributed by atoms with Gasteiger partial charge in [0.05, 0.1) is 6.10 Å². The molecule has 1 atom stereocenters. The second-order valence-corrected chi connectivity index (χ2v) is 4.61. The van der Waals surface area contributed by atoms with Crippen molar-refractivity contribution in [3.05, 3.63) is 12.7 Å². The van der Waals surface area contributed by atoms with Crippen molar-refractivity contribution in [2.75, 3.05) is 0 Å². The van der Waals surface area contributed by atoms with Crippen LogP contribution in [0.25, 0.3) is 0 Å². The molecular weight excluding hydrogens is 216 g/mol. The van der Waals surface area contributed by atoms with Gasteiger partial charge in [-0.3, -0.25) is 0 Å². The third kappa shape index (κ3) is 5.87. The molecule has 0 aliphatic heterocycles. The predicted octanol–water partition coefficient (Wildman–Crippen LogP) is 3.58. The molecule has 0 spiro atoms. The van der Waals surface area contributed by atoms with Crippen LogP contribution in [0.4, 0.5) is 0 Å². The monoisotopic (exact) mass is 240 g/mol. The Labute approximate surface area is 104 Å². The lowest BCUT2D eigenvalue weighted by Crippen LogP contribution is -2.28. The number of esters is 1. The fourth-order valence-electron chi connectivity index (χ4n) is 2.12. The highest BCUT2D eigenvalue weighted by molar-refractivity contribution is 5.81. The van der Waals surface area contributed by atoms with Gasteiger partial charge >= 0.3 is 5.97 Å². The molecule has 1 rings (SSSR count). The van der Waals surface area contributed by atoms with Gasteiger partial charge in [0.1, 0.15) is 0 Å². The number of hydrogen-bond acceptors (Lipinski definition) is 3. The van der Waals surface area contributed by atoms with Crippen LogP contribution < -0.4 is 0 Å². The summed E-state index contributed by atoms with van der Waals surface area (Å²) in [7, 11) is 0. The van der Waals surface area contributed by atoms with Crippen molar-refractivity contribution in [1.29, 1.82) is 0 Å². The maximum Gasteiger partial charge on any atom is 0.332 e. The van der Waals surface area contributed by atoms with Gasteiger partial charge in [-0.15, -0.1) is 0 Å². The lowest BCUT2D eigenvalue weighted by molar-refractivity contribution is -0.189. The zero-order valence-electron chi connectivity index (χ0n) is 10.8. The molecule has 1 aliphatic carbocycles. The normalized spacial score (nSPS) is 18.6. The summed E-state index contributed by atoms with van der Waals surface area (Å²) in [6.45, 7) is 5.53. The molecule has 0 saturated heterocycles. The van der Waals surface area contributed by atoms with Crippen molar-refractivity contribution in [2.45, 2.75) is 70.7 Å². The summed E-state index contributed by atoms with van der Waals surface area (Å²) in [5.74, 6) is -0.387. The highest BCUT2D eigenvalue weighted by atomic mass is 16.7. The summed E-state index contributed by atoms with van der Waals surface area (Å²) in [5, 5.41) is 0. The minimum absolute atomic E-state index is 0.267. The van der Waals surface area contributed by atoms with Crippen molar-refractivity contribution in [3.63, 3.8) is 0 Å². The first-order chi connectivity index (χ1) is 8.26. The molecule has 0 N–H and O–H groups in total. The third-order valence-corrected chi connectivity index (χ3v) is 3.10. The molecule has 1 fully saturated rings. The summed E-state index contributed by atoms with van der Waals surface area (Å²) in [4.78, 5) is 11.2. The van der Waals surface area contributed by atoms with Gasteiger partial charge < -0.3 is 9.47 Å². The Bertz CT molecular complexity index is 232. The summed E-state index contributed by atoms with van der Waals surface area (Å²) >= 11 is 0. The van der Waals surface area contributed by atoms with Crippen LogP contribution in [0.5, 0.6) is 0 Å². The van der Waals surface area contributed by atoms with Crippen molar-refractivity contribution in [1.82, 2.24) is 0 Å². The second-order valence-electron chi connectivity index (χ2n) is 4.61. The van der Waals surface area contributed by atoms with Crippen molar-refractivity contribution in [3.8, 4) is 0 Å². The minimum atomic E-state index is -0.387. The number of carbonyl (C=O) groups is 1. The molecule has 1 unspecified atom stereocenters. The van der Waals surface area contributed by atoms with E-state index in [2.05, 4.69) is 13.5 Å². The van der Waals surface area contributed by atoms with E-state index < -0.39 is 0 Å². The first-order valence-corrected chi connectivity index (χ1v) is 6.74. The fraction of sp³-hybridized carbons (Fsp3) is 0.786. The average Bonchev–Trinajstić information content (AvgIpc) is 2.37. The van der Waals surface area contributed by atoms with Crippen LogP contribution >= 0.6 is 0 Å². The molecule has 0 aromatic carbocycles. The molecule has 98 valence electrons. The van der Waals surface area contributed by atoms with Crippen LogP contribution in [0.2, 0.25) is 0 Å². The lowest BCUT2D eigenvalue weighted by Gasteiger charge is -2.27. The average molecular weight is 240 g/mol. The molecule has 0 bridgehead atoms. The van der Waals surface area contributed by atoms with E-state index in [0.29, 0.717) is 0 Å². The van der Waals surface area contributed by atoms with Gasteiger partial charge in [-0.05, 0) is 19.3 Å². The number of hydrogen-bond donors (Lipinski definition) is 0. The van der Waals surface area contributed by atoms with Crippen molar-refractivity contribution in [2.24, 2.45) is 0 Å². The van der Waals surface area contributed by atoms with Crippen LogP contribution in [-0.2, 0) is 14.3 Å². The maximum absolute atomic E-state index is 11.2. The Hall–Kier alpha value is -0.830. The smallest absolute Gasteiger partial charge is 0.332 e. The van der Waals surface area contributed by atoms with Gasteiger partial charge in [0.15, 0.2) is 0 Å². The van der Waals surface area contributed by atoms with Gasteiger partial charge in [-0.2, -0.15) is 0 Å². The summed E-state index contributed by atoms with van der Waals surface area (Å²) in [5.41, 5.74) is 0. The Balaban J connectivity index is 2.37. The van der Waals surface area contributed by atoms with Crippen LogP contribution in [0.15, 0.2) is 12.7 Å². The predicted molar refractivity (Wildman–Crippen MR) is 67.6 cm³/mol. The fourth-order valence-corrected chi connectivity index (χ4v) is 2.12. The maximum atomic E-state index is 11.2. The Morgan fingerprint density at radius 2 is 2.12 bits per heavy atom. The molecule has 0 radical (unpaired) electrons. The first-order valence-electron chi connectivity index (χ1n) is 6.74. The van der Waals surface area contributed by atoms with E-state index >= 15 is 0 Å². The molecule has 1 saturated carbocycles. The van der Waals surface area contributed by atoms with E-state index in [-0.39, 0.29) is 18.4 Å². The zero-order valence-corrected chi connectivity index (χ0v) is 10.8. The second kappa shape index (κ2) is 8.29. The molecule has 0 aromatic heterocycles. The molecule has 3 heteroatoms. The number of carbonyl (C=O) groups excluding carboxylic acids is 1. The Kier molecular flexibility index (Phi) is 6.94. The van der Waals surface area contributed by atoms with Crippen molar-refractivity contribution >= 4 is 5.97 Å². The van der Waals surface area contributed by atoms with Gasteiger partial charge in [-0.1, -0.05) is 39.2 Å². The summed E-state index contributed by atoms with van der Waals surface area (Å²) in [6.07, 6.45) is 9.88. The third-order valence-electron chi connectivity index (χ3n) is 3.10. The molecule has 0 aromatic rings. The highest BCUT2D eigenvalue weighted by Gasteiger charge is 2.20. The summed E-state index contributed by atoms with van der Waals surface area (Å²) in [6, 6.07) is 0. The molecule has 17 heavy (non-hydrogen) atoms. The molecular formula is C14H24O3. The molecule has 0 amide bonds. The summed E-state index contributed by atoms with van der Waals surface area (Å²) < 4.78 is 11.1. The minimum Gasteiger partial charge on any atom is -0.433 e. The van der Waals surface area contributed by atoms with Crippen LogP contribution in [0.3, 0.4) is 0 Å². The van der Waals surface area contributed by atoms with Gasteiger partial charge in [0, 0.05) is 12.5 Å². The molecule has 0 heterocycles. The van der Waals surface area contributed by atoms with Gasteiger partial charge in [0.25, 0.3) is 0 Å². The van der Waals surface area contributed by atoms with E-state index in [1.807, 2.05) is 0 Å². The SMILES string of the molecule is C=CC(=O)OC(CCCC)OC1CCCCC1. The molecule has 3 nitrogen and oxygen atoms in total.